The Morgan fingerprint density at radius 2 is 1.55 bits per heavy atom. The second-order valence-corrected chi connectivity index (χ2v) is 7.99. The zero-order chi connectivity index (χ0) is 21.5. The zero-order valence-corrected chi connectivity index (χ0v) is 17.4. The average molecular weight is 423 g/mol. The predicted octanol–water partition coefficient (Wildman–Crippen LogP) is 2.77. The summed E-state index contributed by atoms with van der Waals surface area (Å²) in [4.78, 5) is 26.6. The van der Waals surface area contributed by atoms with Crippen LogP contribution in [0, 0.1) is 0 Å². The first-order chi connectivity index (χ1) is 15.2. The highest BCUT2D eigenvalue weighted by Gasteiger charge is 2.22. The highest BCUT2D eigenvalue weighted by molar-refractivity contribution is 6.04. The Kier molecular flexibility index (Phi) is 6.84. The SMILES string of the molecule is O=C(C[NH+](Cc1ccco1)Cc1ccco1)Nc1ccccc1C(=O)NC1CCCC1. The van der Waals surface area contributed by atoms with Crippen LogP contribution in [-0.2, 0) is 17.9 Å². The molecule has 162 valence electrons. The fraction of sp³-hybridized carbons (Fsp3) is 0.333. The fourth-order valence-corrected chi connectivity index (χ4v) is 4.05. The summed E-state index contributed by atoms with van der Waals surface area (Å²) >= 11 is 0. The van der Waals surface area contributed by atoms with Crippen LogP contribution in [0.5, 0.6) is 0 Å². The molecule has 2 heterocycles. The van der Waals surface area contributed by atoms with Crippen molar-refractivity contribution in [3.63, 3.8) is 0 Å². The summed E-state index contributed by atoms with van der Waals surface area (Å²) in [6, 6.07) is 14.8. The number of hydrogen-bond donors (Lipinski definition) is 3. The fourth-order valence-electron chi connectivity index (χ4n) is 4.05. The molecule has 7 heteroatoms. The van der Waals surface area contributed by atoms with Crippen molar-refractivity contribution >= 4 is 17.5 Å². The van der Waals surface area contributed by atoms with Crippen molar-refractivity contribution in [1.82, 2.24) is 5.32 Å². The summed E-state index contributed by atoms with van der Waals surface area (Å²) in [6.45, 7) is 1.30. The van der Waals surface area contributed by atoms with Gasteiger partial charge in [-0.05, 0) is 49.2 Å². The maximum absolute atomic E-state index is 12.9. The average Bonchev–Trinajstić information content (AvgIpc) is 3.52. The summed E-state index contributed by atoms with van der Waals surface area (Å²) < 4.78 is 10.9. The van der Waals surface area contributed by atoms with E-state index in [4.69, 9.17) is 8.83 Å². The maximum atomic E-state index is 12.9. The van der Waals surface area contributed by atoms with E-state index in [-0.39, 0.29) is 24.4 Å². The lowest BCUT2D eigenvalue weighted by Crippen LogP contribution is -3.10. The molecule has 0 unspecified atom stereocenters. The predicted molar refractivity (Wildman–Crippen MR) is 115 cm³/mol. The van der Waals surface area contributed by atoms with E-state index in [1.165, 1.54) is 0 Å². The molecule has 1 aromatic carbocycles. The lowest BCUT2D eigenvalue weighted by molar-refractivity contribution is -0.921. The van der Waals surface area contributed by atoms with Crippen LogP contribution in [-0.4, -0.2) is 24.4 Å². The molecule has 1 saturated carbocycles. The third kappa shape index (κ3) is 5.86. The van der Waals surface area contributed by atoms with Crippen molar-refractivity contribution in [2.45, 2.75) is 44.8 Å². The van der Waals surface area contributed by atoms with Crippen LogP contribution in [0.3, 0.4) is 0 Å². The van der Waals surface area contributed by atoms with E-state index in [9.17, 15) is 9.59 Å². The second kappa shape index (κ2) is 10.1. The van der Waals surface area contributed by atoms with Crippen molar-refractivity contribution in [2.75, 3.05) is 11.9 Å². The molecule has 0 atom stereocenters. The van der Waals surface area contributed by atoms with E-state index in [1.54, 1.807) is 24.7 Å². The molecule has 1 aliphatic rings. The summed E-state index contributed by atoms with van der Waals surface area (Å²) in [5, 5.41) is 6.01. The molecule has 0 saturated heterocycles. The van der Waals surface area contributed by atoms with Gasteiger partial charge in [-0.1, -0.05) is 25.0 Å². The Labute approximate surface area is 181 Å². The second-order valence-electron chi connectivity index (χ2n) is 7.99. The smallest absolute Gasteiger partial charge is 0.279 e. The number of nitrogens with one attached hydrogen (secondary N) is 3. The number of amides is 2. The Balaban J connectivity index is 1.41. The minimum Gasteiger partial charge on any atom is -0.463 e. The van der Waals surface area contributed by atoms with Gasteiger partial charge in [-0.3, -0.25) is 9.59 Å². The van der Waals surface area contributed by atoms with Crippen LogP contribution in [0.4, 0.5) is 5.69 Å². The third-order valence-electron chi connectivity index (χ3n) is 5.56. The summed E-state index contributed by atoms with van der Waals surface area (Å²) in [7, 11) is 0. The highest BCUT2D eigenvalue weighted by Crippen LogP contribution is 2.20. The van der Waals surface area contributed by atoms with Crippen LogP contribution in [0.25, 0.3) is 0 Å². The van der Waals surface area contributed by atoms with E-state index in [2.05, 4.69) is 10.6 Å². The Hall–Kier alpha value is -3.32. The van der Waals surface area contributed by atoms with Gasteiger partial charge < -0.3 is 24.4 Å². The van der Waals surface area contributed by atoms with Gasteiger partial charge in [0.2, 0.25) is 0 Å². The molecule has 7 nitrogen and oxygen atoms in total. The molecule has 31 heavy (non-hydrogen) atoms. The zero-order valence-electron chi connectivity index (χ0n) is 17.4. The minimum absolute atomic E-state index is 0.141. The first-order valence-electron chi connectivity index (χ1n) is 10.8. The molecule has 2 amide bonds. The van der Waals surface area contributed by atoms with E-state index in [0.29, 0.717) is 24.3 Å². The summed E-state index contributed by atoms with van der Waals surface area (Å²) in [6.07, 6.45) is 7.56. The van der Waals surface area contributed by atoms with Gasteiger partial charge in [-0.2, -0.15) is 0 Å². The van der Waals surface area contributed by atoms with Crippen LogP contribution < -0.4 is 15.5 Å². The Morgan fingerprint density at radius 3 is 2.16 bits per heavy atom. The number of anilines is 1. The number of benzene rings is 1. The van der Waals surface area contributed by atoms with Gasteiger partial charge in [0.05, 0.1) is 23.8 Å². The van der Waals surface area contributed by atoms with Crippen molar-refractivity contribution in [3.05, 3.63) is 78.1 Å². The van der Waals surface area contributed by atoms with Crippen LogP contribution >= 0.6 is 0 Å². The lowest BCUT2D eigenvalue weighted by atomic mass is 10.1. The number of rotatable bonds is 9. The summed E-state index contributed by atoms with van der Waals surface area (Å²) in [5.41, 5.74) is 1.01. The highest BCUT2D eigenvalue weighted by atomic mass is 16.3. The number of carbonyl (C=O) groups is 2. The van der Waals surface area contributed by atoms with Crippen LogP contribution in [0.2, 0.25) is 0 Å². The molecule has 0 aliphatic heterocycles. The quantitative estimate of drug-likeness (QED) is 0.495. The normalized spacial score (nSPS) is 14.1. The van der Waals surface area contributed by atoms with Crippen molar-refractivity contribution in [2.24, 2.45) is 0 Å². The number of para-hydroxylation sites is 1. The van der Waals surface area contributed by atoms with E-state index < -0.39 is 0 Å². The summed E-state index contributed by atoms with van der Waals surface area (Å²) in [5.74, 6) is 1.28. The van der Waals surface area contributed by atoms with Crippen molar-refractivity contribution in [3.8, 4) is 0 Å². The number of quaternary nitrogens is 1. The standard InChI is InChI=1S/C24H27N3O4/c28-23(17-27(15-19-9-5-13-30-19)16-20-10-6-14-31-20)26-22-12-4-3-11-21(22)24(29)25-18-7-1-2-8-18/h3-6,9-14,18H,1-2,7-8,15-17H2,(H,25,29)(H,26,28)/p+1. The number of hydrogen-bond acceptors (Lipinski definition) is 4. The molecule has 1 aliphatic carbocycles. The first kappa shape index (κ1) is 20.9. The van der Waals surface area contributed by atoms with Crippen LogP contribution in [0.1, 0.15) is 47.6 Å². The Morgan fingerprint density at radius 1 is 0.903 bits per heavy atom. The molecule has 0 bridgehead atoms. The van der Waals surface area contributed by atoms with E-state index in [0.717, 1.165) is 42.1 Å². The molecule has 3 aromatic rings. The molecule has 4 rings (SSSR count). The molecule has 2 aromatic heterocycles. The van der Waals surface area contributed by atoms with Gasteiger partial charge >= 0.3 is 0 Å². The molecular formula is C24H28N3O4+. The maximum Gasteiger partial charge on any atom is 0.279 e. The lowest BCUT2D eigenvalue weighted by Gasteiger charge is -2.18. The topological polar surface area (TPSA) is 88.9 Å². The number of carbonyl (C=O) groups excluding carboxylic acids is 2. The molecule has 1 fully saturated rings. The van der Waals surface area contributed by atoms with E-state index >= 15 is 0 Å². The number of furan rings is 2. The van der Waals surface area contributed by atoms with Gasteiger partial charge in [-0.25, -0.2) is 0 Å². The van der Waals surface area contributed by atoms with Crippen molar-refractivity contribution < 1.29 is 23.3 Å². The first-order valence-corrected chi connectivity index (χ1v) is 10.8. The monoisotopic (exact) mass is 422 g/mol. The molecule has 0 radical (unpaired) electrons. The van der Waals surface area contributed by atoms with Gasteiger partial charge in [-0.15, -0.1) is 0 Å². The van der Waals surface area contributed by atoms with Gasteiger partial charge in [0.25, 0.3) is 11.8 Å². The van der Waals surface area contributed by atoms with Crippen LogP contribution in [0.15, 0.2) is 69.9 Å². The van der Waals surface area contributed by atoms with Gasteiger partial charge in [0, 0.05) is 6.04 Å². The van der Waals surface area contributed by atoms with Gasteiger partial charge in [0.1, 0.15) is 13.1 Å². The Bertz CT molecular complexity index is 940. The van der Waals surface area contributed by atoms with E-state index in [1.807, 2.05) is 36.4 Å². The molecular weight excluding hydrogens is 394 g/mol. The van der Waals surface area contributed by atoms with Gasteiger partial charge in [0.15, 0.2) is 18.1 Å². The van der Waals surface area contributed by atoms with Crippen molar-refractivity contribution in [1.29, 1.82) is 0 Å². The minimum atomic E-state index is -0.172. The largest absolute Gasteiger partial charge is 0.463 e. The third-order valence-corrected chi connectivity index (χ3v) is 5.56. The molecule has 3 N–H and O–H groups in total. The molecule has 0 spiro atoms.